The van der Waals surface area contributed by atoms with Gasteiger partial charge in [-0.2, -0.15) is 0 Å². The number of carbonyl (C=O) groups excluding carboxylic acids is 3. The average molecular weight is 469 g/mol. The number of carbonyl (C=O) groups is 3. The van der Waals surface area contributed by atoms with Crippen LogP contribution in [0.2, 0.25) is 0 Å². The molecule has 1 atom stereocenters. The fraction of sp³-hybridized carbons (Fsp3) is 0.720. The van der Waals surface area contributed by atoms with E-state index in [9.17, 15) is 14.4 Å². The third-order valence-corrected chi connectivity index (χ3v) is 4.95. The molecule has 0 spiro atoms. The Morgan fingerprint density at radius 3 is 2.24 bits per heavy atom. The zero-order valence-corrected chi connectivity index (χ0v) is 21.0. The summed E-state index contributed by atoms with van der Waals surface area (Å²) < 4.78 is 14.7. The Morgan fingerprint density at radius 2 is 1.58 bits per heavy atom. The molecular weight excluding hydrogens is 424 g/mol. The number of hydrazine groups is 1. The molecule has 0 heterocycles. The minimum absolute atomic E-state index is 0.142. The van der Waals surface area contributed by atoms with Crippen LogP contribution in [0.5, 0.6) is 0 Å². The van der Waals surface area contributed by atoms with Gasteiger partial charge in [0.15, 0.2) is 0 Å². The van der Waals surface area contributed by atoms with Crippen molar-refractivity contribution in [2.45, 2.75) is 97.4 Å². The maximum absolute atomic E-state index is 12.4. The maximum atomic E-state index is 12.4. The topological polar surface area (TPSA) is 94.2 Å². The normalized spacial score (nSPS) is 12.0. The standard InChI is InChI=1S/C25H44N2O6/c1-5-8-16-19-22(27(25(30)33-7-3)26-24(29)32-6-2)20-17-14-12-10-9-11-13-15-18-21-23(28)31-4/h12,14,17,20,22H,5-11,13,15-16,18-19,21H2,1-4H3,(H,26,29)/b14-12-,20-17+. The Hall–Kier alpha value is -2.51. The first-order valence-electron chi connectivity index (χ1n) is 12.3. The van der Waals surface area contributed by atoms with E-state index in [4.69, 9.17) is 9.47 Å². The van der Waals surface area contributed by atoms with Gasteiger partial charge in [-0.1, -0.05) is 69.8 Å². The number of unbranched alkanes of at least 4 members (excludes halogenated alkanes) is 7. The lowest BCUT2D eigenvalue weighted by molar-refractivity contribution is -0.140. The molecule has 33 heavy (non-hydrogen) atoms. The molecule has 1 unspecified atom stereocenters. The predicted octanol–water partition coefficient (Wildman–Crippen LogP) is 6.07. The van der Waals surface area contributed by atoms with Gasteiger partial charge in [0.05, 0.1) is 26.4 Å². The highest BCUT2D eigenvalue weighted by Crippen LogP contribution is 2.13. The van der Waals surface area contributed by atoms with Gasteiger partial charge >= 0.3 is 18.2 Å². The van der Waals surface area contributed by atoms with Gasteiger partial charge < -0.3 is 14.2 Å². The second-order valence-corrected chi connectivity index (χ2v) is 7.66. The SMILES string of the molecule is CCCCCC(/C=C/C=C\CCCCCCCC(=O)OC)N(NC(=O)OCC)C(=O)OCC. The Morgan fingerprint density at radius 1 is 0.879 bits per heavy atom. The molecule has 0 aliphatic heterocycles. The molecular formula is C25H44N2O6. The summed E-state index contributed by atoms with van der Waals surface area (Å²) in [6.45, 7) is 5.98. The van der Waals surface area contributed by atoms with E-state index in [1.165, 1.54) is 12.1 Å². The van der Waals surface area contributed by atoms with Gasteiger partial charge in [0, 0.05) is 6.42 Å². The molecule has 0 radical (unpaired) electrons. The highest BCUT2D eigenvalue weighted by molar-refractivity contribution is 5.74. The van der Waals surface area contributed by atoms with Crippen molar-refractivity contribution in [2.24, 2.45) is 0 Å². The van der Waals surface area contributed by atoms with Crippen molar-refractivity contribution in [3.63, 3.8) is 0 Å². The summed E-state index contributed by atoms with van der Waals surface area (Å²) in [5.41, 5.74) is 2.52. The summed E-state index contributed by atoms with van der Waals surface area (Å²) in [5, 5.41) is 1.22. The number of hydrogen-bond acceptors (Lipinski definition) is 6. The first kappa shape index (κ1) is 30.5. The lowest BCUT2D eigenvalue weighted by atomic mass is 10.1. The van der Waals surface area contributed by atoms with Crippen LogP contribution in [0.3, 0.4) is 0 Å². The monoisotopic (exact) mass is 468 g/mol. The van der Waals surface area contributed by atoms with Crippen molar-refractivity contribution in [1.29, 1.82) is 0 Å². The van der Waals surface area contributed by atoms with Crippen molar-refractivity contribution in [1.82, 2.24) is 10.4 Å². The highest BCUT2D eigenvalue weighted by atomic mass is 16.6. The molecule has 0 fully saturated rings. The molecule has 190 valence electrons. The van der Waals surface area contributed by atoms with Crippen LogP contribution < -0.4 is 5.43 Å². The number of amides is 2. The summed E-state index contributed by atoms with van der Waals surface area (Å²) in [4.78, 5) is 35.5. The maximum Gasteiger partial charge on any atom is 0.429 e. The second kappa shape index (κ2) is 21.3. The van der Waals surface area contributed by atoms with Gasteiger partial charge in [0.25, 0.3) is 0 Å². The average Bonchev–Trinajstić information content (AvgIpc) is 2.80. The largest absolute Gasteiger partial charge is 0.469 e. The van der Waals surface area contributed by atoms with E-state index in [1.807, 2.05) is 18.2 Å². The smallest absolute Gasteiger partial charge is 0.429 e. The van der Waals surface area contributed by atoms with Gasteiger partial charge in [-0.05, 0) is 39.5 Å². The van der Waals surface area contributed by atoms with E-state index < -0.39 is 12.2 Å². The van der Waals surface area contributed by atoms with Gasteiger partial charge in [0.2, 0.25) is 0 Å². The lowest BCUT2D eigenvalue weighted by Gasteiger charge is -2.28. The number of allylic oxidation sites excluding steroid dienone is 3. The molecule has 0 aliphatic carbocycles. The minimum atomic E-state index is -0.679. The first-order valence-corrected chi connectivity index (χ1v) is 12.3. The molecule has 0 rings (SSSR count). The first-order chi connectivity index (χ1) is 16.0. The summed E-state index contributed by atoms with van der Waals surface area (Å²) in [7, 11) is 1.42. The Labute approximate surface area is 199 Å². The molecule has 0 aromatic rings. The van der Waals surface area contributed by atoms with E-state index >= 15 is 0 Å². The second-order valence-electron chi connectivity index (χ2n) is 7.66. The fourth-order valence-electron chi connectivity index (χ4n) is 3.16. The molecule has 0 aromatic carbocycles. The summed E-state index contributed by atoms with van der Waals surface area (Å²) >= 11 is 0. The number of nitrogens with one attached hydrogen (secondary N) is 1. The summed E-state index contributed by atoms with van der Waals surface area (Å²) in [5.74, 6) is -0.142. The van der Waals surface area contributed by atoms with Crippen LogP contribution >= 0.6 is 0 Å². The molecule has 0 aromatic heterocycles. The van der Waals surface area contributed by atoms with E-state index in [2.05, 4.69) is 23.2 Å². The molecule has 0 bridgehead atoms. The number of methoxy groups -OCH3 is 1. The molecule has 0 aliphatic rings. The zero-order chi connectivity index (χ0) is 24.7. The quantitative estimate of drug-likeness (QED) is 0.0915. The van der Waals surface area contributed by atoms with Gasteiger partial charge in [-0.15, -0.1) is 0 Å². The molecule has 1 N–H and O–H groups in total. The van der Waals surface area contributed by atoms with Crippen LogP contribution in [0, 0.1) is 0 Å². The molecule has 8 nitrogen and oxygen atoms in total. The van der Waals surface area contributed by atoms with E-state index in [1.54, 1.807) is 13.8 Å². The Balaban J connectivity index is 4.69. The number of ether oxygens (including phenoxy) is 3. The lowest BCUT2D eigenvalue weighted by Crippen LogP contribution is -2.51. The van der Waals surface area contributed by atoms with Crippen molar-refractivity contribution in [3.05, 3.63) is 24.3 Å². The van der Waals surface area contributed by atoms with Crippen molar-refractivity contribution in [3.8, 4) is 0 Å². The number of rotatable bonds is 17. The minimum Gasteiger partial charge on any atom is -0.469 e. The van der Waals surface area contributed by atoms with Crippen molar-refractivity contribution < 1.29 is 28.6 Å². The van der Waals surface area contributed by atoms with Crippen LogP contribution in [-0.2, 0) is 19.0 Å². The predicted molar refractivity (Wildman–Crippen MR) is 130 cm³/mol. The number of nitrogens with zero attached hydrogens (tertiary/aromatic N) is 1. The summed E-state index contributed by atoms with van der Waals surface area (Å²) in [6.07, 6.45) is 17.0. The number of esters is 1. The fourth-order valence-corrected chi connectivity index (χ4v) is 3.16. The number of hydrogen-bond donors (Lipinski definition) is 1. The molecule has 8 heteroatoms. The third kappa shape index (κ3) is 16.7. The molecule has 0 saturated carbocycles. The summed E-state index contributed by atoms with van der Waals surface area (Å²) in [6, 6.07) is -0.334. The molecule has 2 amide bonds. The van der Waals surface area contributed by atoms with Crippen LogP contribution in [0.1, 0.15) is 91.4 Å². The van der Waals surface area contributed by atoms with E-state index in [-0.39, 0.29) is 25.2 Å². The van der Waals surface area contributed by atoms with Crippen LogP contribution in [-0.4, -0.2) is 49.5 Å². The van der Waals surface area contributed by atoms with Gasteiger partial charge in [-0.3, -0.25) is 4.79 Å². The van der Waals surface area contributed by atoms with Crippen molar-refractivity contribution in [2.75, 3.05) is 20.3 Å². The van der Waals surface area contributed by atoms with Crippen LogP contribution in [0.15, 0.2) is 24.3 Å². The Bertz CT molecular complexity index is 591. The van der Waals surface area contributed by atoms with Crippen LogP contribution in [0.4, 0.5) is 9.59 Å². The van der Waals surface area contributed by atoms with E-state index in [0.717, 1.165) is 57.8 Å². The van der Waals surface area contributed by atoms with Crippen LogP contribution in [0.25, 0.3) is 0 Å². The third-order valence-electron chi connectivity index (χ3n) is 4.95. The van der Waals surface area contributed by atoms with E-state index in [0.29, 0.717) is 12.8 Å². The van der Waals surface area contributed by atoms with Crippen molar-refractivity contribution >= 4 is 18.2 Å². The Kier molecular flexibility index (Phi) is 19.7. The highest BCUT2D eigenvalue weighted by Gasteiger charge is 2.25. The zero-order valence-electron chi connectivity index (χ0n) is 21.0. The van der Waals surface area contributed by atoms with Gasteiger partial charge in [0.1, 0.15) is 0 Å². The molecule has 0 saturated heterocycles. The van der Waals surface area contributed by atoms with Gasteiger partial charge in [-0.25, -0.2) is 20.0 Å².